The van der Waals surface area contributed by atoms with E-state index in [0.29, 0.717) is 0 Å². The van der Waals surface area contributed by atoms with Crippen LogP contribution in [-0.4, -0.2) is 0 Å². The molecule has 1 N–H and O–H groups in total. The van der Waals surface area contributed by atoms with Crippen LogP contribution in [0.3, 0.4) is 0 Å². The van der Waals surface area contributed by atoms with E-state index in [1.807, 2.05) is 0 Å². The van der Waals surface area contributed by atoms with Gasteiger partial charge >= 0.3 is 0 Å². The molecule has 128 valence electrons. The summed E-state index contributed by atoms with van der Waals surface area (Å²) < 4.78 is 0. The van der Waals surface area contributed by atoms with Crippen molar-refractivity contribution >= 4 is 11.4 Å². The molecule has 0 atom stereocenters. The number of hydrogen-bond donors (Lipinski definition) is 1. The van der Waals surface area contributed by atoms with Gasteiger partial charge in [0.1, 0.15) is 0 Å². The number of nitrogens with one attached hydrogen (secondary N) is 1. The van der Waals surface area contributed by atoms with Gasteiger partial charge in [-0.3, -0.25) is 0 Å². The summed E-state index contributed by atoms with van der Waals surface area (Å²) in [5.74, 6) is 0. The van der Waals surface area contributed by atoms with Crippen LogP contribution < -0.4 is 5.32 Å². The average Bonchev–Trinajstić information content (AvgIpc) is 2.62. The zero-order valence-electron chi connectivity index (χ0n) is 15.4. The molecule has 0 aromatic heterocycles. The van der Waals surface area contributed by atoms with Gasteiger partial charge in [-0.1, -0.05) is 75.4 Å². The molecule has 0 saturated carbocycles. The second kappa shape index (κ2) is 7.57. The highest BCUT2D eigenvalue weighted by Crippen LogP contribution is 2.25. The maximum Gasteiger partial charge on any atom is 0.0384 e. The molecule has 1 nitrogen and oxygen atoms in total. The molecule has 3 aromatic carbocycles. The first kappa shape index (κ1) is 17.3. The lowest BCUT2D eigenvalue weighted by molar-refractivity contribution is 0.590. The zero-order valence-corrected chi connectivity index (χ0v) is 15.4. The third-order valence-corrected chi connectivity index (χ3v) is 4.54. The van der Waals surface area contributed by atoms with Crippen molar-refractivity contribution in [1.82, 2.24) is 0 Å². The Balaban J connectivity index is 1.59. The van der Waals surface area contributed by atoms with Crippen LogP contribution in [0.1, 0.15) is 37.5 Å². The highest BCUT2D eigenvalue weighted by atomic mass is 14.9. The largest absolute Gasteiger partial charge is 0.356 e. The molecule has 0 fully saturated rings. The Morgan fingerprint density at radius 2 is 1.08 bits per heavy atom. The van der Waals surface area contributed by atoms with Crippen LogP contribution >= 0.6 is 0 Å². The Morgan fingerprint density at radius 3 is 1.60 bits per heavy atom. The molecule has 0 aliphatic carbocycles. The lowest BCUT2D eigenvalue weighted by Gasteiger charge is -2.19. The SMILES string of the molecule is CC(C)(C)c1ccc(Nc2ccc(CCc3ccccc3)cc2)cc1. The molecule has 0 spiro atoms. The lowest BCUT2D eigenvalue weighted by atomic mass is 9.87. The predicted molar refractivity (Wildman–Crippen MR) is 109 cm³/mol. The predicted octanol–water partition coefficient (Wildman–Crippen LogP) is 6.51. The van der Waals surface area contributed by atoms with Gasteiger partial charge in [0.15, 0.2) is 0 Å². The summed E-state index contributed by atoms with van der Waals surface area (Å²) in [6, 6.07) is 28.1. The summed E-state index contributed by atoms with van der Waals surface area (Å²) in [4.78, 5) is 0. The van der Waals surface area contributed by atoms with Crippen LogP contribution in [0, 0.1) is 0 Å². The van der Waals surface area contributed by atoms with E-state index in [2.05, 4.69) is 105 Å². The number of anilines is 2. The smallest absolute Gasteiger partial charge is 0.0384 e. The summed E-state index contributed by atoms with van der Waals surface area (Å²) in [7, 11) is 0. The molecule has 0 heterocycles. The minimum absolute atomic E-state index is 0.193. The Labute approximate surface area is 151 Å². The number of benzene rings is 3. The summed E-state index contributed by atoms with van der Waals surface area (Å²) >= 11 is 0. The van der Waals surface area contributed by atoms with Gasteiger partial charge in [-0.2, -0.15) is 0 Å². The Morgan fingerprint density at radius 1 is 0.600 bits per heavy atom. The minimum atomic E-state index is 0.193. The molecule has 0 aliphatic rings. The fraction of sp³-hybridized carbons (Fsp3) is 0.250. The normalized spacial score (nSPS) is 11.3. The van der Waals surface area contributed by atoms with Crippen molar-refractivity contribution < 1.29 is 0 Å². The van der Waals surface area contributed by atoms with Gasteiger partial charge in [0.25, 0.3) is 0 Å². The van der Waals surface area contributed by atoms with Gasteiger partial charge in [0.2, 0.25) is 0 Å². The van der Waals surface area contributed by atoms with E-state index >= 15 is 0 Å². The molecule has 0 bridgehead atoms. The monoisotopic (exact) mass is 329 g/mol. The number of hydrogen-bond acceptors (Lipinski definition) is 1. The fourth-order valence-corrected chi connectivity index (χ4v) is 2.91. The molecule has 0 unspecified atom stereocenters. The van der Waals surface area contributed by atoms with E-state index in [4.69, 9.17) is 0 Å². The van der Waals surface area contributed by atoms with E-state index in [1.54, 1.807) is 0 Å². The van der Waals surface area contributed by atoms with Gasteiger partial charge in [-0.05, 0) is 59.2 Å². The maximum atomic E-state index is 3.48. The zero-order chi connectivity index (χ0) is 17.7. The van der Waals surface area contributed by atoms with Crippen molar-refractivity contribution in [3.05, 3.63) is 95.6 Å². The topological polar surface area (TPSA) is 12.0 Å². The summed E-state index contributed by atoms with van der Waals surface area (Å²) in [6.45, 7) is 6.72. The van der Waals surface area contributed by atoms with Crippen LogP contribution in [0.25, 0.3) is 0 Å². The molecule has 0 radical (unpaired) electrons. The fourth-order valence-electron chi connectivity index (χ4n) is 2.91. The van der Waals surface area contributed by atoms with Crippen molar-refractivity contribution in [2.75, 3.05) is 5.32 Å². The average molecular weight is 329 g/mol. The first-order chi connectivity index (χ1) is 12.0. The molecule has 0 amide bonds. The summed E-state index contributed by atoms with van der Waals surface area (Å²) in [5.41, 5.74) is 6.58. The second-order valence-electron chi connectivity index (χ2n) is 7.63. The van der Waals surface area contributed by atoms with Gasteiger partial charge in [0, 0.05) is 11.4 Å². The molecule has 3 rings (SSSR count). The summed E-state index contributed by atoms with van der Waals surface area (Å²) in [6.07, 6.45) is 2.16. The number of aryl methyl sites for hydroxylation is 2. The molecular weight excluding hydrogens is 302 g/mol. The van der Waals surface area contributed by atoms with E-state index in [0.717, 1.165) is 24.2 Å². The standard InChI is InChI=1S/C24H27N/c1-24(2,3)21-13-17-23(18-14-21)25-22-15-11-20(12-16-22)10-9-19-7-5-4-6-8-19/h4-8,11-18,25H,9-10H2,1-3H3. The third-order valence-electron chi connectivity index (χ3n) is 4.54. The van der Waals surface area contributed by atoms with Gasteiger partial charge in [-0.15, -0.1) is 0 Å². The summed E-state index contributed by atoms with van der Waals surface area (Å²) in [5, 5.41) is 3.48. The van der Waals surface area contributed by atoms with Gasteiger partial charge in [-0.25, -0.2) is 0 Å². The minimum Gasteiger partial charge on any atom is -0.356 e. The van der Waals surface area contributed by atoms with Crippen molar-refractivity contribution in [3.8, 4) is 0 Å². The van der Waals surface area contributed by atoms with Crippen LogP contribution in [0.5, 0.6) is 0 Å². The van der Waals surface area contributed by atoms with Crippen molar-refractivity contribution in [3.63, 3.8) is 0 Å². The second-order valence-corrected chi connectivity index (χ2v) is 7.63. The molecule has 0 aliphatic heterocycles. The van der Waals surface area contributed by atoms with Crippen molar-refractivity contribution in [2.45, 2.75) is 39.0 Å². The molecule has 3 aromatic rings. The molecular formula is C24H27N. The highest BCUT2D eigenvalue weighted by molar-refractivity contribution is 5.60. The van der Waals surface area contributed by atoms with E-state index in [-0.39, 0.29) is 5.41 Å². The van der Waals surface area contributed by atoms with E-state index in [9.17, 15) is 0 Å². The van der Waals surface area contributed by atoms with Crippen LogP contribution in [0.2, 0.25) is 0 Å². The Kier molecular flexibility index (Phi) is 5.23. The maximum absolute atomic E-state index is 3.48. The van der Waals surface area contributed by atoms with Gasteiger partial charge < -0.3 is 5.32 Å². The van der Waals surface area contributed by atoms with Crippen LogP contribution in [0.15, 0.2) is 78.9 Å². The van der Waals surface area contributed by atoms with Gasteiger partial charge in [0.05, 0.1) is 0 Å². The number of rotatable bonds is 5. The highest BCUT2D eigenvalue weighted by Gasteiger charge is 2.12. The Bertz CT molecular complexity index is 778. The lowest BCUT2D eigenvalue weighted by Crippen LogP contribution is -2.10. The Hall–Kier alpha value is -2.54. The molecule has 1 heteroatoms. The van der Waals surface area contributed by atoms with E-state index in [1.165, 1.54) is 16.7 Å². The van der Waals surface area contributed by atoms with Crippen molar-refractivity contribution in [2.24, 2.45) is 0 Å². The quantitative estimate of drug-likeness (QED) is 0.562. The van der Waals surface area contributed by atoms with Crippen molar-refractivity contribution in [1.29, 1.82) is 0 Å². The van der Waals surface area contributed by atoms with Crippen LogP contribution in [0.4, 0.5) is 11.4 Å². The molecule has 0 saturated heterocycles. The first-order valence-corrected chi connectivity index (χ1v) is 9.01. The first-order valence-electron chi connectivity index (χ1n) is 9.01. The molecule has 25 heavy (non-hydrogen) atoms. The van der Waals surface area contributed by atoms with E-state index < -0.39 is 0 Å². The third kappa shape index (κ3) is 4.96. The van der Waals surface area contributed by atoms with Crippen LogP contribution in [-0.2, 0) is 18.3 Å².